The monoisotopic (exact) mass is 341 g/mol. The molecule has 2 amide bonds. The van der Waals surface area contributed by atoms with Gasteiger partial charge in [0.25, 0.3) is 0 Å². The van der Waals surface area contributed by atoms with E-state index in [4.69, 9.17) is 4.74 Å². The highest BCUT2D eigenvalue weighted by Gasteiger charge is 2.29. The third-order valence-corrected chi connectivity index (χ3v) is 4.50. The number of nitrogens with zero attached hydrogens (tertiary/aromatic N) is 3. The Hall–Kier alpha value is -1.34. The molecule has 2 heterocycles. The van der Waals surface area contributed by atoms with Gasteiger partial charge in [-0.05, 0) is 46.1 Å². The number of amides is 2. The number of likely N-dealkylation sites (tertiary alicyclic amines) is 1. The molecule has 2 aliphatic rings. The van der Waals surface area contributed by atoms with E-state index in [2.05, 4.69) is 4.90 Å². The van der Waals surface area contributed by atoms with Crippen LogP contribution in [-0.2, 0) is 9.53 Å². The first-order valence-corrected chi connectivity index (χ1v) is 8.87. The number of hydrogen-bond donors (Lipinski definition) is 1. The third-order valence-electron chi connectivity index (χ3n) is 4.50. The van der Waals surface area contributed by atoms with Crippen LogP contribution in [0.5, 0.6) is 0 Å². The Balaban J connectivity index is 1.75. The Labute approximate surface area is 144 Å². The van der Waals surface area contributed by atoms with Crippen molar-refractivity contribution in [3.8, 4) is 0 Å². The second-order valence-corrected chi connectivity index (χ2v) is 7.77. The highest BCUT2D eigenvalue weighted by molar-refractivity contribution is 5.78. The molecule has 1 N–H and O–H groups in total. The summed E-state index contributed by atoms with van der Waals surface area (Å²) >= 11 is 0. The van der Waals surface area contributed by atoms with Crippen molar-refractivity contribution in [1.82, 2.24) is 14.7 Å². The number of ether oxygens (including phenoxy) is 1. The van der Waals surface area contributed by atoms with Gasteiger partial charge in [0.15, 0.2) is 0 Å². The molecule has 0 aromatic heterocycles. The minimum Gasteiger partial charge on any atom is -0.444 e. The van der Waals surface area contributed by atoms with Crippen molar-refractivity contribution < 1.29 is 19.4 Å². The lowest BCUT2D eigenvalue weighted by Gasteiger charge is -2.37. The Morgan fingerprint density at radius 3 is 2.29 bits per heavy atom. The Kier molecular flexibility index (Phi) is 6.46. The molecule has 0 aliphatic carbocycles. The lowest BCUT2D eigenvalue weighted by molar-refractivity contribution is -0.134. The number of carbonyl (C=O) groups excluding carboxylic acids is 2. The van der Waals surface area contributed by atoms with Crippen LogP contribution in [0.2, 0.25) is 0 Å². The van der Waals surface area contributed by atoms with Crippen LogP contribution >= 0.6 is 0 Å². The van der Waals surface area contributed by atoms with E-state index >= 15 is 0 Å². The van der Waals surface area contributed by atoms with Crippen molar-refractivity contribution in [3.63, 3.8) is 0 Å². The second kappa shape index (κ2) is 8.16. The molecule has 7 heteroatoms. The molecule has 1 unspecified atom stereocenters. The van der Waals surface area contributed by atoms with E-state index in [0.29, 0.717) is 32.7 Å². The Morgan fingerprint density at radius 1 is 1.08 bits per heavy atom. The molecule has 0 radical (unpaired) electrons. The Bertz CT molecular complexity index is 442. The number of aliphatic hydroxyl groups excluding tert-OH is 1. The van der Waals surface area contributed by atoms with Gasteiger partial charge in [0.2, 0.25) is 5.91 Å². The average molecular weight is 341 g/mol. The molecule has 2 fully saturated rings. The van der Waals surface area contributed by atoms with E-state index in [0.717, 1.165) is 25.9 Å². The number of piperidine rings is 1. The maximum absolute atomic E-state index is 12.5. The smallest absolute Gasteiger partial charge is 0.410 e. The molecule has 0 aromatic rings. The van der Waals surface area contributed by atoms with Crippen molar-refractivity contribution in [2.45, 2.75) is 39.2 Å². The second-order valence-electron chi connectivity index (χ2n) is 7.77. The summed E-state index contributed by atoms with van der Waals surface area (Å²) < 4.78 is 5.37. The fourth-order valence-electron chi connectivity index (χ4n) is 3.20. The fraction of sp³-hybridized carbons (Fsp3) is 0.882. The lowest BCUT2D eigenvalue weighted by atomic mass is 9.99. The molecule has 2 saturated heterocycles. The zero-order valence-electron chi connectivity index (χ0n) is 15.2. The normalized spacial score (nSPS) is 23.2. The van der Waals surface area contributed by atoms with Crippen LogP contribution in [0.3, 0.4) is 0 Å². The van der Waals surface area contributed by atoms with E-state index in [9.17, 15) is 14.7 Å². The molecule has 1 atom stereocenters. The van der Waals surface area contributed by atoms with Gasteiger partial charge in [-0.15, -0.1) is 0 Å². The zero-order valence-corrected chi connectivity index (χ0v) is 15.2. The SMILES string of the molecule is CC(C)(C)OC(=O)N1CCN(C(=O)CN2CCCC(CO)C2)CC1. The summed E-state index contributed by atoms with van der Waals surface area (Å²) in [6, 6.07) is 0. The average Bonchev–Trinajstić information content (AvgIpc) is 2.53. The molecule has 24 heavy (non-hydrogen) atoms. The molecular formula is C17H31N3O4. The standard InChI is InChI=1S/C17H31N3O4/c1-17(2,3)24-16(23)20-9-7-19(8-10-20)15(22)12-18-6-4-5-14(11-18)13-21/h14,21H,4-13H2,1-3H3. The summed E-state index contributed by atoms with van der Waals surface area (Å²) in [5, 5.41) is 9.28. The van der Waals surface area contributed by atoms with Gasteiger partial charge in [0, 0.05) is 39.3 Å². The van der Waals surface area contributed by atoms with Gasteiger partial charge < -0.3 is 19.6 Å². The minimum atomic E-state index is -0.498. The molecule has 0 saturated carbocycles. The first-order valence-electron chi connectivity index (χ1n) is 8.87. The van der Waals surface area contributed by atoms with Gasteiger partial charge in [-0.25, -0.2) is 4.79 Å². The largest absolute Gasteiger partial charge is 0.444 e. The van der Waals surface area contributed by atoms with Crippen LogP contribution < -0.4 is 0 Å². The molecule has 2 aliphatic heterocycles. The quantitative estimate of drug-likeness (QED) is 0.821. The summed E-state index contributed by atoms with van der Waals surface area (Å²) in [5.74, 6) is 0.396. The molecular weight excluding hydrogens is 310 g/mol. The summed E-state index contributed by atoms with van der Waals surface area (Å²) in [6.45, 7) is 9.99. The van der Waals surface area contributed by atoms with Crippen LogP contribution in [0.1, 0.15) is 33.6 Å². The zero-order chi connectivity index (χ0) is 17.7. The number of carbonyl (C=O) groups is 2. The minimum absolute atomic E-state index is 0.109. The number of rotatable bonds is 3. The maximum atomic E-state index is 12.5. The van der Waals surface area contributed by atoms with Crippen LogP contribution in [0, 0.1) is 5.92 Å². The predicted molar refractivity (Wildman–Crippen MR) is 90.6 cm³/mol. The van der Waals surface area contributed by atoms with Crippen molar-refractivity contribution in [1.29, 1.82) is 0 Å². The fourth-order valence-corrected chi connectivity index (χ4v) is 3.20. The van der Waals surface area contributed by atoms with Crippen molar-refractivity contribution in [2.24, 2.45) is 5.92 Å². The van der Waals surface area contributed by atoms with Crippen LogP contribution in [0.15, 0.2) is 0 Å². The van der Waals surface area contributed by atoms with Gasteiger partial charge in [0.1, 0.15) is 5.60 Å². The topological polar surface area (TPSA) is 73.3 Å². The molecule has 2 rings (SSSR count). The third kappa shape index (κ3) is 5.63. The van der Waals surface area contributed by atoms with Gasteiger partial charge in [-0.1, -0.05) is 0 Å². The van der Waals surface area contributed by atoms with Gasteiger partial charge in [0.05, 0.1) is 6.54 Å². The summed E-state index contributed by atoms with van der Waals surface area (Å²) in [7, 11) is 0. The van der Waals surface area contributed by atoms with Crippen molar-refractivity contribution in [2.75, 3.05) is 52.4 Å². The lowest BCUT2D eigenvalue weighted by Crippen LogP contribution is -2.54. The van der Waals surface area contributed by atoms with Gasteiger partial charge in [-0.3, -0.25) is 9.69 Å². The van der Waals surface area contributed by atoms with E-state index in [1.165, 1.54) is 0 Å². The molecule has 0 spiro atoms. The van der Waals surface area contributed by atoms with E-state index in [1.807, 2.05) is 25.7 Å². The van der Waals surface area contributed by atoms with Gasteiger partial charge in [-0.2, -0.15) is 0 Å². The van der Waals surface area contributed by atoms with Crippen LogP contribution in [-0.4, -0.2) is 89.8 Å². The van der Waals surface area contributed by atoms with E-state index in [-0.39, 0.29) is 24.5 Å². The summed E-state index contributed by atoms with van der Waals surface area (Å²) in [5.41, 5.74) is -0.498. The number of aliphatic hydroxyl groups is 1. The van der Waals surface area contributed by atoms with Gasteiger partial charge >= 0.3 is 6.09 Å². The highest BCUT2D eigenvalue weighted by Crippen LogP contribution is 2.16. The highest BCUT2D eigenvalue weighted by atomic mass is 16.6. The summed E-state index contributed by atoms with van der Waals surface area (Å²) in [4.78, 5) is 30.1. The van der Waals surface area contributed by atoms with Crippen LogP contribution in [0.4, 0.5) is 4.79 Å². The molecule has 0 bridgehead atoms. The van der Waals surface area contributed by atoms with E-state index < -0.39 is 5.60 Å². The predicted octanol–water partition coefficient (Wildman–Crippen LogP) is 0.770. The molecule has 0 aromatic carbocycles. The van der Waals surface area contributed by atoms with Crippen molar-refractivity contribution >= 4 is 12.0 Å². The summed E-state index contributed by atoms with van der Waals surface area (Å²) in [6.07, 6.45) is 1.76. The number of hydrogen-bond acceptors (Lipinski definition) is 5. The Morgan fingerprint density at radius 2 is 1.71 bits per heavy atom. The first-order chi connectivity index (χ1) is 11.3. The first kappa shape index (κ1) is 19.0. The van der Waals surface area contributed by atoms with E-state index in [1.54, 1.807) is 4.90 Å². The van der Waals surface area contributed by atoms with Crippen molar-refractivity contribution in [3.05, 3.63) is 0 Å². The maximum Gasteiger partial charge on any atom is 0.410 e. The number of piperazine rings is 1. The van der Waals surface area contributed by atoms with Crippen LogP contribution in [0.25, 0.3) is 0 Å². The molecule has 7 nitrogen and oxygen atoms in total. The molecule has 138 valence electrons.